The maximum Gasteiger partial charge on any atom is 0.326 e. The second-order valence-corrected chi connectivity index (χ2v) is 6.64. The number of hydrogen-bond donors (Lipinski definition) is 3. The van der Waals surface area contributed by atoms with Gasteiger partial charge in [-0.05, 0) is 24.5 Å². The van der Waals surface area contributed by atoms with Crippen molar-refractivity contribution in [2.45, 2.75) is 45.2 Å². The van der Waals surface area contributed by atoms with Crippen molar-refractivity contribution in [3.63, 3.8) is 0 Å². The molecule has 9 heteroatoms. The van der Waals surface area contributed by atoms with Crippen LogP contribution < -0.4 is 10.9 Å². The summed E-state index contributed by atoms with van der Waals surface area (Å²) in [5.41, 5.74) is 0.0976. The fraction of sp³-hybridized carbons (Fsp3) is 0.421. The second-order valence-electron chi connectivity index (χ2n) is 6.64. The maximum atomic E-state index is 12.9. The van der Waals surface area contributed by atoms with Gasteiger partial charge in [0.2, 0.25) is 5.91 Å². The van der Waals surface area contributed by atoms with Gasteiger partial charge < -0.3 is 15.5 Å². The van der Waals surface area contributed by atoms with Crippen LogP contribution >= 0.6 is 0 Å². The zero-order valence-electron chi connectivity index (χ0n) is 15.7. The number of nitrogens with zero attached hydrogens (tertiary/aromatic N) is 2. The van der Waals surface area contributed by atoms with Crippen LogP contribution in [-0.4, -0.2) is 43.7 Å². The molecule has 0 aliphatic rings. The molecule has 1 aromatic carbocycles. The summed E-state index contributed by atoms with van der Waals surface area (Å²) in [6.07, 6.45) is 1.19. The van der Waals surface area contributed by atoms with Gasteiger partial charge in [-0.15, -0.1) is 0 Å². The molecule has 1 aromatic heterocycles. The number of carboxylic acid groups (broad SMARTS) is 2. The highest BCUT2D eigenvalue weighted by Gasteiger charge is 2.31. The van der Waals surface area contributed by atoms with Crippen LogP contribution in [0.4, 0.5) is 0 Å². The molecule has 0 saturated heterocycles. The first-order valence-corrected chi connectivity index (χ1v) is 8.97. The molecular weight excluding hydrogens is 366 g/mol. The molecule has 0 radical (unpaired) electrons. The number of carboxylic acids is 2. The molecule has 150 valence electrons. The number of nitrogens with one attached hydrogen (secondary N) is 1. The van der Waals surface area contributed by atoms with Crippen LogP contribution in [0.3, 0.4) is 0 Å². The van der Waals surface area contributed by atoms with Gasteiger partial charge in [-0.2, -0.15) is 0 Å². The van der Waals surface area contributed by atoms with Crippen LogP contribution in [0.1, 0.15) is 39.2 Å². The number of carbonyl (C=O) groups excluding carboxylic acids is 1. The lowest BCUT2D eigenvalue weighted by atomic mass is 9.97. The third-order valence-electron chi connectivity index (χ3n) is 4.70. The van der Waals surface area contributed by atoms with E-state index in [-0.39, 0.29) is 12.3 Å². The Hall–Kier alpha value is -3.23. The minimum Gasteiger partial charge on any atom is -0.481 e. The summed E-state index contributed by atoms with van der Waals surface area (Å²) < 4.78 is 1.21. The molecule has 1 amide bonds. The number of hydrogen-bond acceptors (Lipinski definition) is 5. The van der Waals surface area contributed by atoms with Gasteiger partial charge in [0.1, 0.15) is 12.1 Å². The molecule has 0 aliphatic heterocycles. The van der Waals surface area contributed by atoms with E-state index in [1.807, 2.05) is 6.92 Å². The molecule has 0 fully saturated rings. The average Bonchev–Trinajstić information content (AvgIpc) is 2.66. The minimum atomic E-state index is -1.36. The Bertz CT molecular complexity index is 939. The largest absolute Gasteiger partial charge is 0.481 e. The van der Waals surface area contributed by atoms with Crippen molar-refractivity contribution in [2.24, 2.45) is 5.92 Å². The Balaban J connectivity index is 2.39. The number of fused-ring (bicyclic) bond motifs is 1. The first kappa shape index (κ1) is 21.1. The fourth-order valence-corrected chi connectivity index (χ4v) is 2.95. The summed E-state index contributed by atoms with van der Waals surface area (Å²) in [6.45, 7) is 3.63. The van der Waals surface area contributed by atoms with Crippen LogP contribution in [0.2, 0.25) is 0 Å². The third-order valence-corrected chi connectivity index (χ3v) is 4.70. The van der Waals surface area contributed by atoms with Crippen molar-refractivity contribution in [2.75, 3.05) is 0 Å². The van der Waals surface area contributed by atoms with Crippen LogP contribution in [0.5, 0.6) is 0 Å². The molecule has 1 heterocycles. The molecule has 0 saturated carbocycles. The van der Waals surface area contributed by atoms with Gasteiger partial charge in [0.05, 0.1) is 17.2 Å². The van der Waals surface area contributed by atoms with E-state index in [1.54, 1.807) is 31.2 Å². The van der Waals surface area contributed by atoms with Crippen molar-refractivity contribution in [1.29, 1.82) is 0 Å². The normalized spacial score (nSPS) is 14.2. The van der Waals surface area contributed by atoms with Crippen molar-refractivity contribution >= 4 is 28.7 Å². The molecule has 9 nitrogen and oxygen atoms in total. The summed E-state index contributed by atoms with van der Waals surface area (Å²) >= 11 is 0. The van der Waals surface area contributed by atoms with E-state index in [0.717, 1.165) is 0 Å². The zero-order valence-corrected chi connectivity index (χ0v) is 15.7. The van der Waals surface area contributed by atoms with Gasteiger partial charge in [-0.3, -0.25) is 19.0 Å². The number of amides is 1. The Morgan fingerprint density at radius 3 is 2.50 bits per heavy atom. The van der Waals surface area contributed by atoms with E-state index in [2.05, 4.69) is 10.3 Å². The highest BCUT2D eigenvalue weighted by Crippen LogP contribution is 2.21. The van der Waals surface area contributed by atoms with Crippen molar-refractivity contribution < 1.29 is 24.6 Å². The quantitative estimate of drug-likeness (QED) is 0.589. The van der Waals surface area contributed by atoms with E-state index >= 15 is 0 Å². The molecule has 0 spiro atoms. The molecule has 28 heavy (non-hydrogen) atoms. The molecule has 3 N–H and O–H groups in total. The van der Waals surface area contributed by atoms with Crippen molar-refractivity contribution in [3.8, 4) is 0 Å². The lowest BCUT2D eigenvalue weighted by Crippen LogP contribution is -2.47. The van der Waals surface area contributed by atoms with E-state index < -0.39 is 41.9 Å². The maximum absolute atomic E-state index is 12.9. The number of aliphatic carboxylic acids is 2. The van der Waals surface area contributed by atoms with Gasteiger partial charge in [-0.1, -0.05) is 32.4 Å². The molecule has 3 atom stereocenters. The Morgan fingerprint density at radius 2 is 1.89 bits per heavy atom. The number of aromatic nitrogens is 2. The van der Waals surface area contributed by atoms with Gasteiger partial charge >= 0.3 is 11.9 Å². The van der Waals surface area contributed by atoms with E-state index in [1.165, 1.54) is 10.9 Å². The van der Waals surface area contributed by atoms with Crippen LogP contribution in [0.15, 0.2) is 35.4 Å². The van der Waals surface area contributed by atoms with E-state index in [4.69, 9.17) is 5.11 Å². The van der Waals surface area contributed by atoms with Crippen LogP contribution in [0.25, 0.3) is 10.9 Å². The minimum absolute atomic E-state index is 0.255. The monoisotopic (exact) mass is 389 g/mol. The van der Waals surface area contributed by atoms with Crippen molar-refractivity contribution in [1.82, 2.24) is 14.9 Å². The summed E-state index contributed by atoms with van der Waals surface area (Å²) in [6, 6.07) is 4.41. The highest BCUT2D eigenvalue weighted by atomic mass is 16.4. The van der Waals surface area contributed by atoms with Gasteiger partial charge in [0.25, 0.3) is 5.56 Å². The Labute approximate surface area is 161 Å². The topological polar surface area (TPSA) is 139 Å². The van der Waals surface area contributed by atoms with Gasteiger partial charge in [0.15, 0.2) is 0 Å². The molecule has 0 bridgehead atoms. The molecule has 2 rings (SSSR count). The summed E-state index contributed by atoms with van der Waals surface area (Å²) in [5.74, 6) is -3.43. The molecule has 2 aromatic rings. The first-order valence-electron chi connectivity index (χ1n) is 8.97. The highest BCUT2D eigenvalue weighted by molar-refractivity contribution is 5.87. The summed E-state index contributed by atoms with van der Waals surface area (Å²) in [7, 11) is 0. The second kappa shape index (κ2) is 9.12. The van der Waals surface area contributed by atoms with Crippen molar-refractivity contribution in [3.05, 3.63) is 40.9 Å². The predicted octanol–water partition coefficient (Wildman–Crippen LogP) is 1.42. The van der Waals surface area contributed by atoms with Gasteiger partial charge in [0, 0.05) is 6.42 Å². The van der Waals surface area contributed by atoms with E-state index in [9.17, 15) is 24.3 Å². The number of rotatable bonds is 9. The number of para-hydroxylation sites is 1. The number of benzene rings is 1. The Morgan fingerprint density at radius 1 is 1.21 bits per heavy atom. The van der Waals surface area contributed by atoms with E-state index in [0.29, 0.717) is 17.3 Å². The van der Waals surface area contributed by atoms with Gasteiger partial charge in [-0.25, -0.2) is 9.78 Å². The summed E-state index contributed by atoms with van der Waals surface area (Å²) in [4.78, 5) is 52.1. The average molecular weight is 389 g/mol. The lowest BCUT2D eigenvalue weighted by molar-refractivity contribution is -0.143. The lowest BCUT2D eigenvalue weighted by Gasteiger charge is -2.26. The fourth-order valence-electron chi connectivity index (χ4n) is 2.95. The SMILES string of the molecule is CC[C@H](C)[C@@H](C(=O)N[C@@H](CCC(=O)O)C(=O)O)n1cnc2ccccc2c1=O. The standard InChI is InChI=1S/C19H23N3O6/c1-3-11(2)16(17(25)21-14(19(27)28)8-9-15(23)24)22-10-20-13-7-5-4-6-12(13)18(22)26/h4-7,10-11,14,16H,3,8-9H2,1-2H3,(H,21,25)(H,23,24)(H,27,28)/t11-,14-,16-/m0/s1. The summed E-state index contributed by atoms with van der Waals surface area (Å²) in [5, 5.41) is 20.8. The molecular formula is C19H23N3O6. The molecule has 0 aliphatic carbocycles. The predicted molar refractivity (Wildman–Crippen MR) is 101 cm³/mol. The van der Waals surface area contributed by atoms with Crippen LogP contribution in [0, 0.1) is 5.92 Å². The number of carbonyl (C=O) groups is 3. The first-order chi connectivity index (χ1) is 13.3. The third kappa shape index (κ3) is 4.73. The Kier molecular flexibility index (Phi) is 6.86. The van der Waals surface area contributed by atoms with Crippen LogP contribution in [-0.2, 0) is 14.4 Å². The zero-order chi connectivity index (χ0) is 20.8. The smallest absolute Gasteiger partial charge is 0.326 e. The molecule has 0 unspecified atom stereocenters.